The monoisotopic (exact) mass is 408 g/mol. The molecule has 0 saturated carbocycles. The van der Waals surface area contributed by atoms with Gasteiger partial charge in [-0.2, -0.15) is 0 Å². The highest BCUT2D eigenvalue weighted by molar-refractivity contribution is 5.89. The molecule has 1 heterocycles. The molecule has 0 spiro atoms. The maximum atomic E-state index is 12.1. The molecule has 1 aliphatic rings. The zero-order chi connectivity index (χ0) is 21.1. The first-order valence-corrected chi connectivity index (χ1v) is 9.59. The predicted molar refractivity (Wildman–Crippen MR) is 108 cm³/mol. The summed E-state index contributed by atoms with van der Waals surface area (Å²) in [6.07, 6.45) is 2.56. The molecule has 1 aliphatic carbocycles. The summed E-state index contributed by atoms with van der Waals surface area (Å²) in [6, 6.07) is 11.9. The van der Waals surface area contributed by atoms with Crippen LogP contribution in [0.15, 0.2) is 51.7 Å². The van der Waals surface area contributed by atoms with E-state index in [1.807, 2.05) is 6.07 Å². The van der Waals surface area contributed by atoms with Crippen LogP contribution in [0.3, 0.4) is 0 Å². The molecule has 0 N–H and O–H groups in total. The van der Waals surface area contributed by atoms with E-state index in [0.29, 0.717) is 22.5 Å². The van der Waals surface area contributed by atoms with Gasteiger partial charge in [0.2, 0.25) is 0 Å². The minimum absolute atomic E-state index is 0.00571. The van der Waals surface area contributed by atoms with Crippen LogP contribution in [0.25, 0.3) is 11.0 Å². The number of benzene rings is 2. The summed E-state index contributed by atoms with van der Waals surface area (Å²) in [7, 11) is 1.30. The van der Waals surface area contributed by atoms with Crippen LogP contribution < -0.4 is 10.4 Å². The van der Waals surface area contributed by atoms with Crippen LogP contribution in [0.1, 0.15) is 33.5 Å². The molecule has 0 saturated heterocycles. The number of hydrogen-bond donors (Lipinski definition) is 0. The molecule has 154 valence electrons. The molecule has 4 rings (SSSR count). The van der Waals surface area contributed by atoms with Crippen molar-refractivity contribution in [1.29, 1.82) is 0 Å². The van der Waals surface area contributed by atoms with Gasteiger partial charge >= 0.3 is 17.6 Å². The Balaban J connectivity index is 1.37. The molecule has 1 aromatic heterocycles. The average Bonchev–Trinajstić information content (AvgIpc) is 3.26. The summed E-state index contributed by atoms with van der Waals surface area (Å²) in [6.45, 7) is -0.289. The van der Waals surface area contributed by atoms with E-state index in [9.17, 15) is 14.4 Å². The van der Waals surface area contributed by atoms with E-state index < -0.39 is 11.9 Å². The first-order chi connectivity index (χ1) is 14.5. The van der Waals surface area contributed by atoms with Crippen molar-refractivity contribution in [2.24, 2.45) is 0 Å². The lowest BCUT2D eigenvalue weighted by atomic mass is 10.1. The van der Waals surface area contributed by atoms with Crippen molar-refractivity contribution < 1.29 is 28.2 Å². The molecule has 30 heavy (non-hydrogen) atoms. The Kier molecular flexibility index (Phi) is 5.52. The van der Waals surface area contributed by atoms with E-state index in [0.717, 1.165) is 35.8 Å². The average molecular weight is 408 g/mol. The van der Waals surface area contributed by atoms with Gasteiger partial charge in [0.25, 0.3) is 0 Å². The van der Waals surface area contributed by atoms with Crippen LogP contribution in [-0.2, 0) is 33.7 Å². The summed E-state index contributed by atoms with van der Waals surface area (Å²) in [5.41, 5.74) is 2.99. The SMILES string of the molecule is COC(=O)c1cccc(COC(=O)COc2ccc3c4c(c(=O)oc3c2)CCC4)c1. The summed E-state index contributed by atoms with van der Waals surface area (Å²) < 4.78 is 20.8. The molecule has 0 unspecified atom stereocenters. The van der Waals surface area contributed by atoms with Crippen molar-refractivity contribution in [3.63, 3.8) is 0 Å². The van der Waals surface area contributed by atoms with Crippen LogP contribution >= 0.6 is 0 Å². The van der Waals surface area contributed by atoms with Crippen LogP contribution in [0.4, 0.5) is 0 Å². The molecule has 0 fully saturated rings. The number of ether oxygens (including phenoxy) is 3. The topological polar surface area (TPSA) is 92.0 Å². The van der Waals surface area contributed by atoms with Crippen LogP contribution in [-0.4, -0.2) is 25.7 Å². The fourth-order valence-corrected chi connectivity index (χ4v) is 3.61. The lowest BCUT2D eigenvalue weighted by molar-refractivity contribution is -0.147. The highest BCUT2D eigenvalue weighted by atomic mass is 16.6. The predicted octanol–water partition coefficient (Wildman–Crippen LogP) is 3.19. The van der Waals surface area contributed by atoms with Crippen molar-refractivity contribution in [3.8, 4) is 5.75 Å². The summed E-state index contributed by atoms with van der Waals surface area (Å²) in [5, 5.41) is 0.905. The van der Waals surface area contributed by atoms with Gasteiger partial charge in [0.15, 0.2) is 6.61 Å². The smallest absolute Gasteiger partial charge is 0.344 e. The van der Waals surface area contributed by atoms with E-state index in [-0.39, 0.29) is 18.8 Å². The summed E-state index contributed by atoms with van der Waals surface area (Å²) in [4.78, 5) is 35.7. The quantitative estimate of drug-likeness (QED) is 0.457. The normalized spacial score (nSPS) is 12.4. The van der Waals surface area contributed by atoms with Gasteiger partial charge in [0.1, 0.15) is 17.9 Å². The van der Waals surface area contributed by atoms with E-state index in [2.05, 4.69) is 4.74 Å². The second kappa shape index (κ2) is 8.41. The fourth-order valence-electron chi connectivity index (χ4n) is 3.61. The molecule has 2 aromatic carbocycles. The molecule has 3 aromatic rings. The van der Waals surface area contributed by atoms with Crippen molar-refractivity contribution in [3.05, 3.63) is 75.1 Å². The van der Waals surface area contributed by atoms with E-state index in [1.54, 1.807) is 36.4 Å². The van der Waals surface area contributed by atoms with Gasteiger partial charge in [0, 0.05) is 17.0 Å². The minimum Gasteiger partial charge on any atom is -0.482 e. The molecule has 0 radical (unpaired) electrons. The van der Waals surface area contributed by atoms with E-state index >= 15 is 0 Å². The Bertz CT molecular complexity index is 1180. The third-order valence-electron chi connectivity index (χ3n) is 5.05. The largest absolute Gasteiger partial charge is 0.482 e. The number of aryl methyl sites for hydroxylation is 1. The standard InChI is InChI=1S/C23H20O7/c1-27-22(25)15-5-2-4-14(10-15)12-29-21(24)13-28-16-8-9-18-17-6-3-7-19(17)23(26)30-20(18)11-16/h2,4-5,8-11H,3,6-7,12-13H2,1H3. The van der Waals surface area contributed by atoms with Crippen molar-refractivity contribution in [2.75, 3.05) is 13.7 Å². The molecule has 0 bridgehead atoms. The van der Waals surface area contributed by atoms with Crippen molar-refractivity contribution in [2.45, 2.75) is 25.9 Å². The van der Waals surface area contributed by atoms with Crippen LogP contribution in [0.5, 0.6) is 5.75 Å². The third-order valence-corrected chi connectivity index (χ3v) is 5.05. The second-order valence-corrected chi connectivity index (χ2v) is 7.00. The summed E-state index contributed by atoms with van der Waals surface area (Å²) >= 11 is 0. The number of carbonyl (C=O) groups is 2. The first kappa shape index (κ1) is 19.7. The molecule has 0 amide bonds. The maximum Gasteiger partial charge on any atom is 0.344 e. The van der Waals surface area contributed by atoms with E-state index in [1.165, 1.54) is 7.11 Å². The van der Waals surface area contributed by atoms with Crippen molar-refractivity contribution in [1.82, 2.24) is 0 Å². The molecular weight excluding hydrogens is 388 g/mol. The molecule has 7 nitrogen and oxygen atoms in total. The number of rotatable bonds is 6. The number of methoxy groups -OCH3 is 1. The van der Waals surface area contributed by atoms with Gasteiger partial charge in [-0.05, 0) is 54.7 Å². The first-order valence-electron chi connectivity index (χ1n) is 9.59. The van der Waals surface area contributed by atoms with Crippen LogP contribution in [0, 0.1) is 0 Å². The van der Waals surface area contributed by atoms with Gasteiger partial charge in [-0.15, -0.1) is 0 Å². The Morgan fingerprint density at radius 3 is 2.73 bits per heavy atom. The lowest BCUT2D eigenvalue weighted by Crippen LogP contribution is -2.15. The number of hydrogen-bond acceptors (Lipinski definition) is 7. The zero-order valence-corrected chi connectivity index (χ0v) is 16.4. The molecule has 7 heteroatoms. The van der Waals surface area contributed by atoms with Gasteiger partial charge in [-0.25, -0.2) is 14.4 Å². The third kappa shape index (κ3) is 4.05. The lowest BCUT2D eigenvalue weighted by Gasteiger charge is -2.09. The van der Waals surface area contributed by atoms with Gasteiger partial charge in [-0.1, -0.05) is 12.1 Å². The maximum absolute atomic E-state index is 12.1. The molecule has 0 atom stereocenters. The number of esters is 2. The number of fused-ring (bicyclic) bond motifs is 3. The van der Waals surface area contributed by atoms with Gasteiger partial charge < -0.3 is 18.6 Å². The Hall–Kier alpha value is -3.61. The Labute approximate surface area is 172 Å². The minimum atomic E-state index is -0.561. The highest BCUT2D eigenvalue weighted by Crippen LogP contribution is 2.29. The van der Waals surface area contributed by atoms with Gasteiger partial charge in [0.05, 0.1) is 12.7 Å². The fraction of sp³-hybridized carbons (Fsp3) is 0.261. The second-order valence-electron chi connectivity index (χ2n) is 7.00. The van der Waals surface area contributed by atoms with E-state index in [4.69, 9.17) is 13.9 Å². The van der Waals surface area contributed by atoms with Gasteiger partial charge in [-0.3, -0.25) is 0 Å². The molecular formula is C23H20O7. The summed E-state index contributed by atoms with van der Waals surface area (Å²) in [5.74, 6) is -0.609. The Morgan fingerprint density at radius 2 is 1.90 bits per heavy atom. The Morgan fingerprint density at radius 1 is 1.07 bits per heavy atom. The van der Waals surface area contributed by atoms with Crippen molar-refractivity contribution >= 4 is 22.9 Å². The van der Waals surface area contributed by atoms with Crippen LogP contribution in [0.2, 0.25) is 0 Å². The molecule has 0 aliphatic heterocycles. The number of carbonyl (C=O) groups excluding carboxylic acids is 2. The highest BCUT2D eigenvalue weighted by Gasteiger charge is 2.19. The zero-order valence-electron chi connectivity index (χ0n) is 16.4.